The zero-order valence-electron chi connectivity index (χ0n) is 6.33. The van der Waals surface area contributed by atoms with Gasteiger partial charge in [0.05, 0.1) is 20.5 Å². The van der Waals surface area contributed by atoms with Gasteiger partial charge < -0.3 is 0 Å². The molecule has 2 radical (unpaired) electrons. The average Bonchev–Trinajstić information content (AvgIpc) is 2.09. The Kier molecular flexibility index (Phi) is 6.88. The fraction of sp³-hybridized carbons (Fsp3) is 0.333. The molecule has 0 fully saturated rings. The maximum absolute atomic E-state index is 6.01. The maximum Gasteiger partial charge on any atom is 0.169 e. The van der Waals surface area contributed by atoms with E-state index >= 15 is 0 Å². The van der Waals surface area contributed by atoms with Crippen LogP contribution >= 0.6 is 69.6 Å². The number of allylic oxidation sites excluding steroid dienone is 4. The molecule has 0 heterocycles. The van der Waals surface area contributed by atoms with Crippen LogP contribution in [-0.4, -0.2) is 25.4 Å². The summed E-state index contributed by atoms with van der Waals surface area (Å²) < 4.78 is -1.09. The molecule has 0 aliphatic heterocycles. The molecule has 0 aromatic carbocycles. The number of rotatable bonds is 0. The Labute approximate surface area is 135 Å². The average molecular weight is 497 g/mol. The van der Waals surface area contributed by atoms with Crippen LogP contribution in [0, 0.1) is 0 Å². The van der Waals surface area contributed by atoms with E-state index in [1.807, 2.05) is 0 Å². The molecule has 2 unspecified atom stereocenters. The first kappa shape index (κ1) is 16.4. The number of hydrogen-bond acceptors (Lipinski definition) is 0. The third kappa shape index (κ3) is 2.82. The van der Waals surface area contributed by atoms with Crippen molar-refractivity contribution in [3.8, 4) is 0 Å². The van der Waals surface area contributed by atoms with Crippen LogP contribution in [0.4, 0.5) is 0 Å². The van der Waals surface area contributed by atoms with Crippen LogP contribution in [-0.2, 0) is 21.1 Å². The van der Waals surface area contributed by atoms with Gasteiger partial charge in [0.15, 0.2) is 16.3 Å². The Hall–Kier alpha value is 2.44. The van der Waals surface area contributed by atoms with Gasteiger partial charge >= 0.3 is 0 Å². The van der Waals surface area contributed by atoms with Crippen molar-refractivity contribution in [2.24, 2.45) is 0 Å². The van der Waals surface area contributed by atoms with Crippen molar-refractivity contribution in [1.82, 2.24) is 0 Å². The van der Waals surface area contributed by atoms with Gasteiger partial charge in [-0.3, -0.25) is 0 Å². The zero-order chi connectivity index (χ0) is 10.4. The van der Waals surface area contributed by atoms with E-state index in [1.165, 1.54) is 0 Å². The zero-order valence-corrected chi connectivity index (χ0v) is 15.0. The van der Waals surface area contributed by atoms with Crippen LogP contribution in [0.2, 0.25) is 0 Å². The minimum absolute atomic E-state index is 0. The Morgan fingerprint density at radius 1 is 1.07 bits per heavy atom. The topological polar surface area (TPSA) is 0 Å². The SMILES string of the molecule is [Al][C]1(Cl)C(Cl)=C(Cl)C(Cl)=C(Cl)C1Cl.[W]. The Morgan fingerprint density at radius 3 is 1.93 bits per heavy atom. The van der Waals surface area contributed by atoms with Crippen LogP contribution in [0.1, 0.15) is 0 Å². The Bertz CT molecular complexity index is 309. The van der Waals surface area contributed by atoms with Gasteiger partial charge in [0.2, 0.25) is 0 Å². The van der Waals surface area contributed by atoms with Crippen molar-refractivity contribution < 1.29 is 21.1 Å². The molecule has 0 aromatic heterocycles. The minimum Gasteiger partial charge on any atom is -0.131 e. The third-order valence-electron chi connectivity index (χ3n) is 1.52. The summed E-state index contributed by atoms with van der Waals surface area (Å²) in [6.45, 7) is 0. The molecule has 1 aliphatic rings. The molecule has 14 heavy (non-hydrogen) atoms. The normalized spacial score (nSPS) is 33.1. The van der Waals surface area contributed by atoms with Gasteiger partial charge in [-0.25, -0.2) is 0 Å². The predicted octanol–water partition coefficient (Wildman–Crippen LogP) is 4.09. The maximum atomic E-state index is 6.01. The van der Waals surface area contributed by atoms with Crippen LogP contribution in [0.3, 0.4) is 0 Å². The van der Waals surface area contributed by atoms with E-state index in [-0.39, 0.29) is 41.2 Å². The molecule has 0 nitrogen and oxygen atoms in total. The molecule has 1 rings (SSSR count). The van der Waals surface area contributed by atoms with E-state index in [2.05, 4.69) is 16.3 Å². The van der Waals surface area contributed by atoms with Crippen LogP contribution in [0.5, 0.6) is 0 Å². The first-order valence-corrected chi connectivity index (χ1v) is 5.93. The molecule has 0 N–H and O–H groups in total. The van der Waals surface area contributed by atoms with Crippen LogP contribution in [0.25, 0.3) is 0 Å². The molecule has 8 heteroatoms. The molecule has 0 saturated carbocycles. The number of halogens is 6. The van der Waals surface area contributed by atoms with Gasteiger partial charge in [0, 0.05) is 29.8 Å². The molecular weight excluding hydrogens is 496 g/mol. The van der Waals surface area contributed by atoms with Gasteiger partial charge in [0.1, 0.15) is 0 Å². The molecule has 0 spiro atoms. The molecule has 0 saturated heterocycles. The summed E-state index contributed by atoms with van der Waals surface area (Å²) in [5.74, 6) is 0. The van der Waals surface area contributed by atoms with E-state index in [4.69, 9.17) is 69.6 Å². The first-order chi connectivity index (χ1) is 5.80. The molecule has 76 valence electrons. The van der Waals surface area contributed by atoms with E-state index in [9.17, 15) is 0 Å². The van der Waals surface area contributed by atoms with Gasteiger partial charge in [0.25, 0.3) is 0 Å². The second-order valence-electron chi connectivity index (χ2n) is 2.42. The second kappa shape index (κ2) is 5.86. The van der Waals surface area contributed by atoms with Gasteiger partial charge in [-0.1, -0.05) is 46.4 Å². The summed E-state index contributed by atoms with van der Waals surface area (Å²) in [6.07, 6.45) is 0. The molecule has 0 aromatic rings. The second-order valence-corrected chi connectivity index (χ2v) is 6.30. The van der Waals surface area contributed by atoms with Gasteiger partial charge in [-0.2, -0.15) is 0 Å². The first-order valence-electron chi connectivity index (χ1n) is 3.03. The standard InChI is InChI=1S/C6HCl6.Al.W/c7-1-2(8)4(10)6(12)5(11)3(1)9;;/h1H;;. The van der Waals surface area contributed by atoms with E-state index in [0.29, 0.717) is 0 Å². The summed E-state index contributed by atoms with van der Waals surface area (Å²) in [7, 11) is 0. The summed E-state index contributed by atoms with van der Waals surface area (Å²) in [4.78, 5) is 0. The van der Waals surface area contributed by atoms with E-state index < -0.39 is 9.11 Å². The van der Waals surface area contributed by atoms with Crippen molar-refractivity contribution in [3.05, 3.63) is 20.1 Å². The summed E-state index contributed by atoms with van der Waals surface area (Å²) in [5.41, 5.74) is 0. The summed E-state index contributed by atoms with van der Waals surface area (Å²) in [5, 5.41) is -0.0522. The van der Waals surface area contributed by atoms with E-state index in [0.717, 1.165) is 0 Å². The monoisotopic (exact) mass is 494 g/mol. The smallest absolute Gasteiger partial charge is 0.131 e. The predicted molar refractivity (Wildman–Crippen MR) is 61.4 cm³/mol. The van der Waals surface area contributed by atoms with Crippen LogP contribution < -0.4 is 0 Å². The minimum atomic E-state index is -1.09. The third-order valence-corrected chi connectivity index (χ3v) is 5.80. The summed E-state index contributed by atoms with van der Waals surface area (Å²) >= 11 is 37.4. The molecular formula is C6HAlCl6W. The number of hydrogen-bond donors (Lipinski definition) is 0. The van der Waals surface area contributed by atoms with Gasteiger partial charge in [-0.05, 0) is 0 Å². The molecule has 0 bridgehead atoms. The van der Waals surface area contributed by atoms with Crippen molar-refractivity contribution >= 4 is 85.9 Å². The quantitative estimate of drug-likeness (QED) is 0.350. The van der Waals surface area contributed by atoms with Crippen LogP contribution in [0.15, 0.2) is 20.1 Å². The Morgan fingerprint density at radius 2 is 1.50 bits per heavy atom. The van der Waals surface area contributed by atoms with E-state index in [1.54, 1.807) is 0 Å². The summed E-state index contributed by atoms with van der Waals surface area (Å²) in [6, 6.07) is 0. The molecule has 2 atom stereocenters. The molecule has 0 amide bonds. The van der Waals surface area contributed by atoms with Gasteiger partial charge in [-0.15, -0.1) is 23.2 Å². The van der Waals surface area contributed by atoms with Crippen molar-refractivity contribution in [1.29, 1.82) is 0 Å². The van der Waals surface area contributed by atoms with Crippen molar-refractivity contribution in [2.45, 2.75) is 9.11 Å². The Balaban J connectivity index is 0.00000169. The number of alkyl halides is 2. The fourth-order valence-electron chi connectivity index (χ4n) is 0.776. The molecule has 1 aliphatic carbocycles. The van der Waals surface area contributed by atoms with Crippen molar-refractivity contribution in [2.75, 3.05) is 0 Å². The largest absolute Gasteiger partial charge is 0.169 e. The van der Waals surface area contributed by atoms with Crippen molar-refractivity contribution in [3.63, 3.8) is 0 Å². The fourth-order valence-corrected chi connectivity index (χ4v) is 2.95.